The lowest BCUT2D eigenvalue weighted by Gasteiger charge is -2.26. The van der Waals surface area contributed by atoms with Crippen molar-refractivity contribution in [3.63, 3.8) is 0 Å². The van der Waals surface area contributed by atoms with Gasteiger partial charge in [-0.3, -0.25) is 19.2 Å². The molecule has 2 aliphatic heterocycles. The fraction of sp³-hybridized carbons (Fsp3) is 0.333. The average Bonchev–Trinajstić information content (AvgIpc) is 3.17. The Balaban J connectivity index is 1.60. The van der Waals surface area contributed by atoms with Crippen molar-refractivity contribution >= 4 is 43.2 Å². The highest BCUT2D eigenvalue weighted by Crippen LogP contribution is 2.31. The van der Waals surface area contributed by atoms with Gasteiger partial charge in [0.2, 0.25) is 21.8 Å². The van der Waals surface area contributed by atoms with Gasteiger partial charge in [0.1, 0.15) is 10.6 Å². The van der Waals surface area contributed by atoms with Gasteiger partial charge in [-0.15, -0.1) is 0 Å². The van der Waals surface area contributed by atoms with Gasteiger partial charge in [0.05, 0.1) is 36.6 Å². The van der Waals surface area contributed by atoms with Crippen LogP contribution in [0.2, 0.25) is 0 Å². The molecule has 4 rings (SSSR count). The minimum Gasteiger partial charge on any atom is -0.495 e. The maximum Gasteiger partial charge on any atom is 0.261 e. The molecule has 2 heterocycles. The first-order chi connectivity index (χ1) is 16.1. The zero-order chi connectivity index (χ0) is 24.5. The molecule has 0 radical (unpaired) electrons. The van der Waals surface area contributed by atoms with Crippen molar-refractivity contribution in [2.45, 2.75) is 22.6 Å². The average molecular weight is 510 g/mol. The summed E-state index contributed by atoms with van der Waals surface area (Å²) in [6.07, 6.45) is 0.237. The largest absolute Gasteiger partial charge is 0.495 e. The van der Waals surface area contributed by atoms with Crippen LogP contribution in [0, 0.1) is 0 Å². The van der Waals surface area contributed by atoms with Crippen LogP contribution in [0.5, 0.6) is 5.75 Å². The molecule has 0 aliphatic carbocycles. The van der Waals surface area contributed by atoms with Crippen LogP contribution in [0.4, 0.5) is 11.4 Å². The molecule has 1 N–H and O–H groups in total. The van der Waals surface area contributed by atoms with Crippen LogP contribution in [-0.4, -0.2) is 66.4 Å². The number of hydrogen-bond acceptors (Lipinski definition) is 8. The van der Waals surface area contributed by atoms with E-state index in [9.17, 15) is 26.4 Å². The lowest BCUT2D eigenvalue weighted by Crippen LogP contribution is -2.40. The number of sulfonamides is 2. The predicted octanol–water partition coefficient (Wildman–Crippen LogP) is 1.17. The quantitative estimate of drug-likeness (QED) is 0.549. The van der Waals surface area contributed by atoms with E-state index in [0.29, 0.717) is 0 Å². The van der Waals surface area contributed by atoms with Crippen LogP contribution in [0.25, 0.3) is 0 Å². The number of benzene rings is 2. The monoisotopic (exact) mass is 509 g/mol. The molecule has 0 aromatic heterocycles. The minimum absolute atomic E-state index is 0.0293. The Hall–Kier alpha value is -3.00. The van der Waals surface area contributed by atoms with Crippen LogP contribution in [0.3, 0.4) is 0 Å². The van der Waals surface area contributed by atoms with E-state index in [1.165, 1.54) is 53.9 Å². The van der Waals surface area contributed by atoms with E-state index in [1.54, 1.807) is 0 Å². The molecule has 0 bridgehead atoms. The van der Waals surface area contributed by atoms with Crippen molar-refractivity contribution in [1.29, 1.82) is 0 Å². The lowest BCUT2D eigenvalue weighted by atomic mass is 10.3. The minimum atomic E-state index is -4.09. The highest BCUT2D eigenvalue weighted by Gasteiger charge is 2.31. The van der Waals surface area contributed by atoms with E-state index in [-0.39, 0.29) is 77.9 Å². The topological polar surface area (TPSA) is 139 Å². The number of methoxy groups -OCH3 is 1. The fourth-order valence-electron chi connectivity index (χ4n) is 3.72. The molecule has 2 fully saturated rings. The first-order valence-electron chi connectivity index (χ1n) is 10.4. The molecule has 2 aliphatic rings. The lowest BCUT2D eigenvalue weighted by molar-refractivity contribution is -0.121. The molecule has 0 spiro atoms. The molecular weight excluding hydrogens is 486 g/mol. The maximum absolute atomic E-state index is 13.1. The number of carbonyl (C=O) groups excluding carboxylic acids is 2. The Morgan fingerprint density at radius 2 is 1.53 bits per heavy atom. The van der Waals surface area contributed by atoms with Crippen molar-refractivity contribution < 1.29 is 35.9 Å². The molecule has 0 unspecified atom stereocenters. The van der Waals surface area contributed by atoms with Crippen LogP contribution in [0.1, 0.15) is 12.8 Å². The van der Waals surface area contributed by atoms with E-state index < -0.39 is 20.0 Å². The standard InChI is InChI=1S/C21H23N3O8S2/c1-31-18-7-2-15(14-19(18)34(29,30)23-10-12-32-13-11-23)22-33(27,28)17-5-3-16(4-6-17)24-20(25)8-9-21(24)26/h2-7,14,22H,8-13H2,1H3. The fourth-order valence-corrected chi connectivity index (χ4v) is 6.36. The van der Waals surface area contributed by atoms with Crippen LogP contribution >= 0.6 is 0 Å². The molecule has 0 atom stereocenters. The third kappa shape index (κ3) is 4.64. The van der Waals surface area contributed by atoms with Crippen molar-refractivity contribution in [3.8, 4) is 5.75 Å². The van der Waals surface area contributed by atoms with Gasteiger partial charge in [-0.1, -0.05) is 0 Å². The molecular formula is C21H23N3O8S2. The number of imide groups is 1. The number of nitrogens with zero attached hydrogens (tertiary/aromatic N) is 2. The third-order valence-corrected chi connectivity index (χ3v) is 8.78. The van der Waals surface area contributed by atoms with Gasteiger partial charge in [-0.2, -0.15) is 4.31 Å². The van der Waals surface area contributed by atoms with Gasteiger partial charge in [0.15, 0.2) is 0 Å². The van der Waals surface area contributed by atoms with Gasteiger partial charge in [0, 0.05) is 25.9 Å². The highest BCUT2D eigenvalue weighted by molar-refractivity contribution is 7.92. The number of rotatable bonds is 7. The molecule has 0 saturated carbocycles. The second-order valence-electron chi connectivity index (χ2n) is 7.60. The normalized spacial score (nSPS) is 17.7. The summed E-state index contributed by atoms with van der Waals surface area (Å²) in [6.45, 7) is 0.878. The zero-order valence-electron chi connectivity index (χ0n) is 18.3. The van der Waals surface area contributed by atoms with Gasteiger partial charge >= 0.3 is 0 Å². The number of amides is 2. The summed E-state index contributed by atoms with van der Waals surface area (Å²) in [4.78, 5) is 24.5. The first-order valence-corrected chi connectivity index (χ1v) is 13.3. The number of ether oxygens (including phenoxy) is 2. The molecule has 11 nitrogen and oxygen atoms in total. The number of morpholine rings is 1. The Bertz CT molecular complexity index is 1300. The van der Waals surface area contributed by atoms with E-state index in [0.717, 1.165) is 4.90 Å². The summed E-state index contributed by atoms with van der Waals surface area (Å²) in [5.41, 5.74) is 0.316. The second-order valence-corrected chi connectivity index (χ2v) is 11.2. The predicted molar refractivity (Wildman–Crippen MR) is 122 cm³/mol. The maximum atomic E-state index is 13.1. The Morgan fingerprint density at radius 3 is 2.12 bits per heavy atom. The van der Waals surface area contributed by atoms with Gasteiger partial charge in [0.25, 0.3) is 10.0 Å². The van der Waals surface area contributed by atoms with Crippen molar-refractivity contribution in [2.24, 2.45) is 0 Å². The van der Waals surface area contributed by atoms with E-state index in [1.807, 2.05) is 0 Å². The highest BCUT2D eigenvalue weighted by atomic mass is 32.2. The molecule has 2 aromatic carbocycles. The van der Waals surface area contributed by atoms with Gasteiger partial charge < -0.3 is 9.47 Å². The molecule has 34 heavy (non-hydrogen) atoms. The van der Waals surface area contributed by atoms with Crippen LogP contribution in [-0.2, 0) is 34.4 Å². The van der Waals surface area contributed by atoms with Gasteiger partial charge in [-0.05, 0) is 42.5 Å². The number of anilines is 2. The summed E-state index contributed by atoms with van der Waals surface area (Å²) in [6, 6.07) is 9.26. The summed E-state index contributed by atoms with van der Waals surface area (Å²) in [7, 11) is -6.72. The number of nitrogens with one attached hydrogen (secondary N) is 1. The van der Waals surface area contributed by atoms with Gasteiger partial charge in [-0.25, -0.2) is 16.8 Å². The molecule has 2 amide bonds. The smallest absolute Gasteiger partial charge is 0.261 e. The van der Waals surface area contributed by atoms with Crippen LogP contribution in [0.15, 0.2) is 52.3 Å². The summed E-state index contributed by atoms with van der Waals surface area (Å²) < 4.78 is 66.1. The van der Waals surface area contributed by atoms with Crippen molar-refractivity contribution in [2.75, 3.05) is 43.0 Å². The number of carbonyl (C=O) groups is 2. The second kappa shape index (κ2) is 9.33. The molecule has 2 aromatic rings. The van der Waals surface area contributed by atoms with Crippen LogP contribution < -0.4 is 14.4 Å². The molecule has 182 valence electrons. The number of hydrogen-bond donors (Lipinski definition) is 1. The van der Waals surface area contributed by atoms with Crippen molar-refractivity contribution in [1.82, 2.24) is 4.31 Å². The molecule has 13 heteroatoms. The first kappa shape index (κ1) is 24.1. The summed E-state index contributed by atoms with van der Waals surface area (Å²) in [5.74, 6) is -0.601. The Kier molecular flexibility index (Phi) is 6.62. The van der Waals surface area contributed by atoms with E-state index in [2.05, 4.69) is 4.72 Å². The summed E-state index contributed by atoms with van der Waals surface area (Å²) in [5, 5.41) is 0. The Labute approximate surface area is 197 Å². The Morgan fingerprint density at radius 1 is 0.912 bits per heavy atom. The van der Waals surface area contributed by atoms with Crippen molar-refractivity contribution in [3.05, 3.63) is 42.5 Å². The SMILES string of the molecule is COc1ccc(NS(=O)(=O)c2ccc(N3C(=O)CCC3=O)cc2)cc1S(=O)(=O)N1CCOCC1. The zero-order valence-corrected chi connectivity index (χ0v) is 19.9. The molecule has 2 saturated heterocycles. The third-order valence-electron chi connectivity index (χ3n) is 5.46. The van der Waals surface area contributed by atoms with E-state index >= 15 is 0 Å². The van der Waals surface area contributed by atoms with E-state index in [4.69, 9.17) is 9.47 Å². The summed E-state index contributed by atoms with van der Waals surface area (Å²) >= 11 is 0.